The Bertz CT molecular complexity index is 840. The van der Waals surface area contributed by atoms with Gasteiger partial charge in [0.15, 0.2) is 5.82 Å². The molecule has 0 amide bonds. The zero-order valence-electron chi connectivity index (χ0n) is 15.3. The largest absolute Gasteiger partial charge is 0.393 e. The van der Waals surface area contributed by atoms with Gasteiger partial charge >= 0.3 is 0 Å². The molecule has 0 radical (unpaired) electrons. The molecule has 0 saturated carbocycles. The molecule has 2 aromatic heterocycles. The maximum Gasteiger partial charge on any atom is 0.259 e. The number of pyridine rings is 1. The first kappa shape index (κ1) is 17.7. The van der Waals surface area contributed by atoms with E-state index in [0.717, 1.165) is 62.4 Å². The van der Waals surface area contributed by atoms with Crippen LogP contribution in [-0.2, 0) is 12.8 Å². The molecule has 140 valence electrons. The topological polar surface area (TPSA) is 75.3 Å². The maximum absolute atomic E-state index is 9.62. The fourth-order valence-electron chi connectivity index (χ4n) is 3.36. The molecule has 0 atom stereocenters. The summed E-state index contributed by atoms with van der Waals surface area (Å²) in [6.07, 6.45) is 5.96. The second kappa shape index (κ2) is 8.31. The summed E-state index contributed by atoms with van der Waals surface area (Å²) in [6, 6.07) is 14.4. The number of anilines is 1. The molecule has 27 heavy (non-hydrogen) atoms. The number of hydrogen-bond acceptors (Lipinski definition) is 6. The number of aromatic nitrogens is 3. The van der Waals surface area contributed by atoms with E-state index in [9.17, 15) is 5.11 Å². The Hall–Kier alpha value is -2.73. The van der Waals surface area contributed by atoms with Crippen LogP contribution in [0.5, 0.6) is 0 Å². The predicted octanol–water partition coefficient (Wildman–Crippen LogP) is 3.27. The van der Waals surface area contributed by atoms with Crippen LogP contribution >= 0.6 is 0 Å². The minimum atomic E-state index is -0.181. The second-order valence-corrected chi connectivity index (χ2v) is 6.98. The molecular formula is C21H24N4O2. The Balaban J connectivity index is 1.34. The number of nitrogens with zero attached hydrogens (tertiary/aromatic N) is 4. The van der Waals surface area contributed by atoms with Crippen molar-refractivity contribution < 1.29 is 9.63 Å². The molecular weight excluding hydrogens is 340 g/mol. The summed E-state index contributed by atoms with van der Waals surface area (Å²) < 4.78 is 5.41. The molecule has 6 nitrogen and oxygen atoms in total. The van der Waals surface area contributed by atoms with Crippen molar-refractivity contribution in [2.24, 2.45) is 0 Å². The number of aliphatic hydroxyl groups is 1. The van der Waals surface area contributed by atoms with Gasteiger partial charge in [0.1, 0.15) is 5.82 Å². The van der Waals surface area contributed by atoms with E-state index >= 15 is 0 Å². The first-order valence-electron chi connectivity index (χ1n) is 9.54. The Labute approximate surface area is 158 Å². The highest BCUT2D eigenvalue weighted by atomic mass is 16.5. The van der Waals surface area contributed by atoms with Gasteiger partial charge < -0.3 is 14.5 Å². The number of aliphatic hydroxyl groups excluding tert-OH is 1. The van der Waals surface area contributed by atoms with Crippen molar-refractivity contribution in [3.8, 4) is 11.5 Å². The van der Waals surface area contributed by atoms with Crippen LogP contribution in [0.4, 0.5) is 5.82 Å². The van der Waals surface area contributed by atoms with Gasteiger partial charge in [-0.3, -0.25) is 0 Å². The Morgan fingerprint density at radius 3 is 2.59 bits per heavy atom. The minimum absolute atomic E-state index is 0.181. The van der Waals surface area contributed by atoms with Gasteiger partial charge in [-0.1, -0.05) is 35.5 Å². The summed E-state index contributed by atoms with van der Waals surface area (Å²) in [7, 11) is 0. The van der Waals surface area contributed by atoms with Crippen molar-refractivity contribution in [2.75, 3.05) is 18.0 Å². The van der Waals surface area contributed by atoms with E-state index in [-0.39, 0.29) is 6.10 Å². The lowest BCUT2D eigenvalue weighted by Gasteiger charge is -2.30. The fraction of sp³-hybridized carbons (Fsp3) is 0.381. The summed E-state index contributed by atoms with van der Waals surface area (Å²) in [4.78, 5) is 11.2. The molecule has 0 aliphatic carbocycles. The molecule has 1 saturated heterocycles. The van der Waals surface area contributed by atoms with E-state index < -0.39 is 0 Å². The van der Waals surface area contributed by atoms with Crippen LogP contribution < -0.4 is 4.90 Å². The molecule has 3 heterocycles. The summed E-state index contributed by atoms with van der Waals surface area (Å²) in [5, 5.41) is 13.7. The van der Waals surface area contributed by atoms with Crippen molar-refractivity contribution in [2.45, 2.75) is 38.2 Å². The van der Waals surface area contributed by atoms with Crippen LogP contribution in [0.2, 0.25) is 0 Å². The zero-order chi connectivity index (χ0) is 18.5. The van der Waals surface area contributed by atoms with Crippen LogP contribution in [0.15, 0.2) is 53.2 Å². The third kappa shape index (κ3) is 4.52. The molecule has 3 aromatic rings. The highest BCUT2D eigenvalue weighted by Crippen LogP contribution is 2.22. The smallest absolute Gasteiger partial charge is 0.259 e. The van der Waals surface area contributed by atoms with Crippen molar-refractivity contribution in [3.63, 3.8) is 0 Å². The molecule has 4 rings (SSSR count). The Morgan fingerprint density at radius 2 is 1.85 bits per heavy atom. The molecule has 1 aromatic carbocycles. The first-order valence-corrected chi connectivity index (χ1v) is 9.54. The molecule has 0 unspecified atom stereocenters. The average molecular weight is 364 g/mol. The van der Waals surface area contributed by atoms with Gasteiger partial charge in [0, 0.05) is 25.7 Å². The van der Waals surface area contributed by atoms with E-state index in [0.29, 0.717) is 5.89 Å². The fourth-order valence-corrected chi connectivity index (χ4v) is 3.36. The van der Waals surface area contributed by atoms with Gasteiger partial charge in [-0.2, -0.15) is 4.98 Å². The lowest BCUT2D eigenvalue weighted by Crippen LogP contribution is -2.36. The highest BCUT2D eigenvalue weighted by Gasteiger charge is 2.18. The van der Waals surface area contributed by atoms with Crippen LogP contribution in [0.3, 0.4) is 0 Å². The lowest BCUT2D eigenvalue weighted by atomic mass is 10.1. The lowest BCUT2D eigenvalue weighted by molar-refractivity contribution is 0.145. The SMILES string of the molecule is OC1CCN(c2ccc(-c3nc(CCCc4ccccc4)no3)cn2)CC1. The summed E-state index contributed by atoms with van der Waals surface area (Å²) in [5.41, 5.74) is 2.16. The van der Waals surface area contributed by atoms with Gasteiger partial charge in [-0.25, -0.2) is 4.98 Å². The molecule has 1 fully saturated rings. The van der Waals surface area contributed by atoms with E-state index in [4.69, 9.17) is 4.52 Å². The first-order chi connectivity index (χ1) is 13.3. The monoisotopic (exact) mass is 364 g/mol. The standard InChI is InChI=1S/C21H24N4O2/c26-18-11-13-25(14-12-18)20-10-9-17(15-22-20)21-23-19(24-27-21)8-4-7-16-5-2-1-3-6-16/h1-3,5-6,9-10,15,18,26H,4,7-8,11-14H2. The molecule has 1 aliphatic rings. The third-order valence-electron chi connectivity index (χ3n) is 4.96. The van der Waals surface area contributed by atoms with Gasteiger partial charge in [-0.15, -0.1) is 0 Å². The van der Waals surface area contributed by atoms with Crippen LogP contribution in [0.25, 0.3) is 11.5 Å². The second-order valence-electron chi connectivity index (χ2n) is 6.98. The van der Waals surface area contributed by atoms with Crippen molar-refractivity contribution in [1.29, 1.82) is 0 Å². The third-order valence-corrected chi connectivity index (χ3v) is 4.96. The summed E-state index contributed by atoms with van der Waals surface area (Å²) >= 11 is 0. The quantitative estimate of drug-likeness (QED) is 0.723. The van der Waals surface area contributed by atoms with Crippen LogP contribution in [-0.4, -0.2) is 39.4 Å². The minimum Gasteiger partial charge on any atom is -0.393 e. The number of hydrogen-bond donors (Lipinski definition) is 1. The van der Waals surface area contributed by atoms with Gasteiger partial charge in [-0.05, 0) is 43.4 Å². The van der Waals surface area contributed by atoms with Crippen molar-refractivity contribution in [3.05, 3.63) is 60.0 Å². The number of aryl methyl sites for hydroxylation is 2. The molecule has 1 N–H and O–H groups in total. The number of piperidine rings is 1. The van der Waals surface area contributed by atoms with E-state index in [2.05, 4.69) is 44.3 Å². The summed E-state index contributed by atoms with van der Waals surface area (Å²) in [5.74, 6) is 2.17. The van der Waals surface area contributed by atoms with Crippen molar-refractivity contribution in [1.82, 2.24) is 15.1 Å². The number of rotatable bonds is 6. The van der Waals surface area contributed by atoms with E-state index in [1.165, 1.54) is 5.56 Å². The normalized spacial score (nSPS) is 15.2. The van der Waals surface area contributed by atoms with Gasteiger partial charge in [0.2, 0.25) is 0 Å². The molecule has 1 aliphatic heterocycles. The van der Waals surface area contributed by atoms with Crippen molar-refractivity contribution >= 4 is 5.82 Å². The molecule has 6 heteroatoms. The van der Waals surface area contributed by atoms with Gasteiger partial charge in [0.25, 0.3) is 5.89 Å². The maximum atomic E-state index is 9.62. The number of benzene rings is 1. The Kier molecular flexibility index (Phi) is 5.44. The van der Waals surface area contributed by atoms with E-state index in [1.54, 1.807) is 6.20 Å². The van der Waals surface area contributed by atoms with Crippen LogP contribution in [0.1, 0.15) is 30.7 Å². The Morgan fingerprint density at radius 1 is 1.04 bits per heavy atom. The highest BCUT2D eigenvalue weighted by molar-refractivity contribution is 5.54. The van der Waals surface area contributed by atoms with Crippen LogP contribution in [0, 0.1) is 0 Å². The predicted molar refractivity (Wildman–Crippen MR) is 103 cm³/mol. The molecule has 0 bridgehead atoms. The summed E-state index contributed by atoms with van der Waals surface area (Å²) in [6.45, 7) is 1.67. The van der Waals surface area contributed by atoms with Gasteiger partial charge in [0.05, 0.1) is 11.7 Å². The zero-order valence-corrected chi connectivity index (χ0v) is 15.3. The van der Waals surface area contributed by atoms with E-state index in [1.807, 2.05) is 18.2 Å². The molecule has 0 spiro atoms. The average Bonchev–Trinajstić information content (AvgIpc) is 3.19.